The van der Waals surface area contributed by atoms with Crippen LogP contribution in [0.25, 0.3) is 10.6 Å². The first-order valence-corrected chi connectivity index (χ1v) is 9.59. The van der Waals surface area contributed by atoms with E-state index in [1.807, 2.05) is 35.4 Å². The number of nitrogens with one attached hydrogen (secondary N) is 1. The Morgan fingerprint density at radius 3 is 3.08 bits per heavy atom. The Bertz CT molecular complexity index is 838. The van der Waals surface area contributed by atoms with E-state index in [4.69, 9.17) is 0 Å². The zero-order valence-electron chi connectivity index (χ0n) is 13.2. The van der Waals surface area contributed by atoms with Crippen molar-refractivity contribution in [2.75, 3.05) is 13.1 Å². The van der Waals surface area contributed by atoms with Gasteiger partial charge in [0.25, 0.3) is 5.91 Å². The minimum atomic E-state index is -0.0139. The molecule has 3 aromatic heterocycles. The number of thiophene rings is 1. The summed E-state index contributed by atoms with van der Waals surface area (Å²) < 4.78 is 0. The Labute approximate surface area is 147 Å². The summed E-state index contributed by atoms with van der Waals surface area (Å²) in [5.74, 6) is 0.268. The van der Waals surface area contributed by atoms with Crippen LogP contribution in [0.15, 0.2) is 23.6 Å². The van der Waals surface area contributed by atoms with Crippen LogP contribution in [0.1, 0.15) is 39.3 Å². The van der Waals surface area contributed by atoms with Gasteiger partial charge in [0.1, 0.15) is 10.0 Å². The minimum Gasteiger partial charge on any atom is -0.337 e. The summed E-state index contributed by atoms with van der Waals surface area (Å²) in [5.41, 5.74) is 1.37. The van der Waals surface area contributed by atoms with E-state index in [0.29, 0.717) is 12.2 Å². The summed E-state index contributed by atoms with van der Waals surface area (Å²) in [7, 11) is 0. The van der Waals surface area contributed by atoms with Gasteiger partial charge in [-0.05, 0) is 37.3 Å². The fraction of sp³-hybridized carbons (Fsp3) is 0.375. The summed E-state index contributed by atoms with van der Waals surface area (Å²) in [5, 5.41) is 19.6. The molecule has 1 amide bonds. The van der Waals surface area contributed by atoms with Crippen LogP contribution < -0.4 is 0 Å². The molecule has 3 aromatic rings. The number of aromatic nitrogens is 4. The molecule has 1 N–H and O–H groups in total. The maximum absolute atomic E-state index is 12.8. The molecule has 0 bridgehead atoms. The molecule has 124 valence electrons. The minimum absolute atomic E-state index is 0.0139. The number of likely N-dealkylation sites (tertiary alicyclic amines) is 1. The number of carbonyl (C=O) groups is 1. The Balaban J connectivity index is 1.50. The van der Waals surface area contributed by atoms with Gasteiger partial charge in [-0.15, -0.1) is 32.9 Å². The Kier molecular flexibility index (Phi) is 4.15. The fourth-order valence-corrected chi connectivity index (χ4v) is 4.51. The van der Waals surface area contributed by atoms with Crippen molar-refractivity contribution >= 4 is 28.6 Å². The predicted octanol–water partition coefficient (Wildman–Crippen LogP) is 3.32. The Hall–Kier alpha value is -2.06. The first-order valence-electron chi connectivity index (χ1n) is 7.89. The van der Waals surface area contributed by atoms with Crippen molar-refractivity contribution in [3.05, 3.63) is 39.3 Å². The molecule has 24 heavy (non-hydrogen) atoms. The van der Waals surface area contributed by atoms with Crippen LogP contribution in [0.3, 0.4) is 0 Å². The van der Waals surface area contributed by atoms with Crippen molar-refractivity contribution in [2.45, 2.75) is 25.7 Å². The molecule has 1 fully saturated rings. The van der Waals surface area contributed by atoms with E-state index in [2.05, 4.69) is 20.4 Å². The third-order valence-corrected chi connectivity index (χ3v) is 6.09. The standard InChI is InChI=1S/C16H17N5OS2/c1-10-17-20-15(24-10)11-4-2-6-21(9-11)16(22)13-8-12(18-19-13)14-5-3-7-23-14/h3,5,7-8,11H,2,4,6,9H2,1H3,(H,18,19)/t11-/m1/s1. The molecular weight excluding hydrogens is 342 g/mol. The van der Waals surface area contributed by atoms with Crippen LogP contribution in [0, 0.1) is 6.92 Å². The van der Waals surface area contributed by atoms with Crippen LogP contribution in [0.5, 0.6) is 0 Å². The zero-order valence-corrected chi connectivity index (χ0v) is 14.9. The largest absolute Gasteiger partial charge is 0.337 e. The number of hydrogen-bond donors (Lipinski definition) is 1. The Morgan fingerprint density at radius 1 is 1.42 bits per heavy atom. The number of piperidine rings is 1. The quantitative estimate of drug-likeness (QED) is 0.778. The topological polar surface area (TPSA) is 74.8 Å². The Morgan fingerprint density at radius 2 is 2.33 bits per heavy atom. The molecular formula is C16H17N5OS2. The lowest BCUT2D eigenvalue weighted by molar-refractivity contribution is 0.0701. The van der Waals surface area contributed by atoms with Gasteiger partial charge in [-0.25, -0.2) is 0 Å². The number of aryl methyl sites for hydroxylation is 1. The smallest absolute Gasteiger partial charge is 0.274 e. The fourth-order valence-electron chi connectivity index (χ4n) is 2.99. The summed E-state index contributed by atoms with van der Waals surface area (Å²) >= 11 is 3.25. The van der Waals surface area contributed by atoms with E-state index < -0.39 is 0 Å². The van der Waals surface area contributed by atoms with Gasteiger partial charge in [-0.2, -0.15) is 5.10 Å². The van der Waals surface area contributed by atoms with Crippen LogP contribution in [0.4, 0.5) is 0 Å². The third-order valence-electron chi connectivity index (χ3n) is 4.18. The number of aromatic amines is 1. The summed E-state index contributed by atoms with van der Waals surface area (Å²) in [6.07, 6.45) is 2.04. The molecule has 8 heteroatoms. The number of hydrogen-bond acceptors (Lipinski definition) is 6. The van der Waals surface area contributed by atoms with Crippen molar-refractivity contribution in [1.29, 1.82) is 0 Å². The number of carbonyl (C=O) groups excluding carboxylic acids is 1. The van der Waals surface area contributed by atoms with Crippen molar-refractivity contribution in [3.63, 3.8) is 0 Å². The molecule has 0 spiro atoms. The molecule has 4 heterocycles. The van der Waals surface area contributed by atoms with Crippen LogP contribution in [0.2, 0.25) is 0 Å². The van der Waals surface area contributed by atoms with Gasteiger partial charge in [-0.3, -0.25) is 9.89 Å². The first-order chi connectivity index (χ1) is 11.7. The highest BCUT2D eigenvalue weighted by atomic mass is 32.1. The molecule has 6 nitrogen and oxygen atoms in total. The van der Waals surface area contributed by atoms with Crippen LogP contribution >= 0.6 is 22.7 Å². The van der Waals surface area contributed by atoms with Crippen LogP contribution in [-0.2, 0) is 0 Å². The van der Waals surface area contributed by atoms with E-state index in [1.165, 1.54) is 0 Å². The van der Waals surface area contributed by atoms with Gasteiger partial charge >= 0.3 is 0 Å². The molecule has 0 aromatic carbocycles. The maximum atomic E-state index is 12.8. The summed E-state index contributed by atoms with van der Waals surface area (Å²) in [4.78, 5) is 15.8. The zero-order chi connectivity index (χ0) is 16.5. The number of H-pyrrole nitrogens is 1. The second-order valence-electron chi connectivity index (χ2n) is 5.89. The molecule has 1 aliphatic heterocycles. The monoisotopic (exact) mass is 359 g/mol. The predicted molar refractivity (Wildman–Crippen MR) is 94.4 cm³/mol. The highest BCUT2D eigenvalue weighted by molar-refractivity contribution is 7.13. The van der Waals surface area contributed by atoms with Gasteiger partial charge in [0.2, 0.25) is 0 Å². The van der Waals surface area contributed by atoms with E-state index >= 15 is 0 Å². The van der Waals surface area contributed by atoms with Gasteiger partial charge < -0.3 is 4.90 Å². The number of nitrogens with zero attached hydrogens (tertiary/aromatic N) is 4. The van der Waals surface area contributed by atoms with Gasteiger partial charge in [0.05, 0.1) is 10.6 Å². The van der Waals surface area contributed by atoms with E-state index in [-0.39, 0.29) is 11.8 Å². The summed E-state index contributed by atoms with van der Waals surface area (Å²) in [6, 6.07) is 5.84. The van der Waals surface area contributed by atoms with Crippen LogP contribution in [-0.4, -0.2) is 44.3 Å². The average molecular weight is 359 g/mol. The SMILES string of the molecule is Cc1nnc([C@@H]2CCCN(C(=O)c3cc(-c4cccs4)[nH]n3)C2)s1. The summed E-state index contributed by atoms with van der Waals surface area (Å²) in [6.45, 7) is 3.42. The molecule has 0 aliphatic carbocycles. The van der Waals surface area contributed by atoms with E-state index in [1.54, 1.807) is 22.7 Å². The lowest BCUT2D eigenvalue weighted by Gasteiger charge is -2.31. The molecule has 1 aliphatic rings. The van der Waals surface area contributed by atoms with Gasteiger partial charge in [0, 0.05) is 19.0 Å². The van der Waals surface area contributed by atoms with Gasteiger partial charge in [0.15, 0.2) is 5.69 Å². The van der Waals surface area contributed by atoms with E-state index in [0.717, 1.165) is 40.0 Å². The lowest BCUT2D eigenvalue weighted by Crippen LogP contribution is -2.39. The first kappa shape index (κ1) is 15.5. The van der Waals surface area contributed by atoms with Crippen molar-refractivity contribution in [3.8, 4) is 10.6 Å². The molecule has 1 saturated heterocycles. The highest BCUT2D eigenvalue weighted by Crippen LogP contribution is 2.30. The molecule has 4 rings (SSSR count). The normalized spacial score (nSPS) is 18.0. The van der Waals surface area contributed by atoms with E-state index in [9.17, 15) is 4.79 Å². The second-order valence-corrected chi connectivity index (χ2v) is 8.05. The lowest BCUT2D eigenvalue weighted by atomic mass is 9.98. The second kappa shape index (κ2) is 6.45. The average Bonchev–Trinajstić information content (AvgIpc) is 3.34. The highest BCUT2D eigenvalue weighted by Gasteiger charge is 2.28. The van der Waals surface area contributed by atoms with Crippen molar-refractivity contribution < 1.29 is 4.79 Å². The van der Waals surface area contributed by atoms with Gasteiger partial charge in [-0.1, -0.05) is 6.07 Å². The van der Waals surface area contributed by atoms with Crippen molar-refractivity contribution in [2.24, 2.45) is 0 Å². The maximum Gasteiger partial charge on any atom is 0.274 e. The molecule has 1 atom stereocenters. The number of amides is 1. The molecule has 0 saturated carbocycles. The number of rotatable bonds is 3. The molecule has 0 radical (unpaired) electrons. The molecule has 0 unspecified atom stereocenters. The van der Waals surface area contributed by atoms with Crippen molar-refractivity contribution in [1.82, 2.24) is 25.3 Å². The third kappa shape index (κ3) is 2.99.